The second-order valence-corrected chi connectivity index (χ2v) is 7.52. The first kappa shape index (κ1) is 18.2. The van der Waals surface area contributed by atoms with Crippen LogP contribution in [0.15, 0.2) is 47.3 Å². The maximum atomic E-state index is 12.4. The van der Waals surface area contributed by atoms with E-state index >= 15 is 0 Å². The van der Waals surface area contributed by atoms with Gasteiger partial charge in [-0.15, -0.1) is 0 Å². The number of nitrogens with one attached hydrogen (secondary N) is 1. The van der Waals surface area contributed by atoms with Crippen molar-refractivity contribution in [1.82, 2.24) is 4.57 Å². The smallest absolute Gasteiger partial charge is 0.308 e. The molecule has 0 spiro atoms. The Balaban J connectivity index is 1.77. The van der Waals surface area contributed by atoms with Crippen LogP contribution >= 0.6 is 11.3 Å². The van der Waals surface area contributed by atoms with Gasteiger partial charge in [-0.1, -0.05) is 29.5 Å². The van der Waals surface area contributed by atoms with Gasteiger partial charge in [-0.05, 0) is 57.5 Å². The first-order chi connectivity index (χ1) is 12.4. The van der Waals surface area contributed by atoms with Gasteiger partial charge in [0.15, 0.2) is 6.10 Å². The van der Waals surface area contributed by atoms with Gasteiger partial charge in [0.2, 0.25) is 0 Å². The van der Waals surface area contributed by atoms with Gasteiger partial charge >= 0.3 is 4.87 Å². The number of aromatic nitrogens is 1. The molecule has 0 saturated carbocycles. The van der Waals surface area contributed by atoms with E-state index in [0.29, 0.717) is 11.4 Å². The van der Waals surface area contributed by atoms with Crippen molar-refractivity contribution in [1.29, 1.82) is 0 Å². The molecule has 0 unspecified atom stereocenters. The lowest BCUT2D eigenvalue weighted by atomic mass is 10.2. The number of nitrogens with zero attached hydrogens (tertiary/aromatic N) is 1. The summed E-state index contributed by atoms with van der Waals surface area (Å²) in [7, 11) is 0. The first-order valence-corrected chi connectivity index (χ1v) is 9.36. The Hall–Kier alpha value is -2.60. The summed E-state index contributed by atoms with van der Waals surface area (Å²) in [4.78, 5) is 24.6. The molecule has 26 heavy (non-hydrogen) atoms. The summed E-state index contributed by atoms with van der Waals surface area (Å²) in [5.74, 6) is 0.459. The third-order valence-electron chi connectivity index (χ3n) is 4.16. The minimum Gasteiger partial charge on any atom is -0.481 e. The van der Waals surface area contributed by atoms with Crippen molar-refractivity contribution in [2.75, 3.05) is 5.32 Å². The largest absolute Gasteiger partial charge is 0.481 e. The van der Waals surface area contributed by atoms with E-state index in [0.717, 1.165) is 15.8 Å². The van der Waals surface area contributed by atoms with Gasteiger partial charge in [0, 0.05) is 11.7 Å². The number of para-hydroxylation sites is 1. The van der Waals surface area contributed by atoms with Crippen LogP contribution in [0, 0.1) is 6.92 Å². The fourth-order valence-electron chi connectivity index (χ4n) is 2.78. The summed E-state index contributed by atoms with van der Waals surface area (Å²) < 4.78 is 8.37. The molecule has 0 radical (unpaired) electrons. The molecule has 6 heteroatoms. The summed E-state index contributed by atoms with van der Waals surface area (Å²) in [5, 5.41) is 2.86. The normalized spacial score (nSPS) is 12.3. The fraction of sp³-hybridized carbons (Fsp3) is 0.300. The molecular formula is C20H22N2O3S. The maximum absolute atomic E-state index is 12.4. The first-order valence-electron chi connectivity index (χ1n) is 8.55. The van der Waals surface area contributed by atoms with Gasteiger partial charge in [-0.2, -0.15) is 0 Å². The number of carbonyl (C=O) groups is 1. The van der Waals surface area contributed by atoms with Crippen molar-refractivity contribution in [3.8, 4) is 5.75 Å². The number of aryl methyl sites for hydroxylation is 1. The summed E-state index contributed by atoms with van der Waals surface area (Å²) in [5.41, 5.74) is 2.52. The standard InChI is InChI=1S/C20H22N2O3S/c1-12(2)22-16-10-9-15(11-18(16)26-20(22)24)21-19(23)14(4)25-17-8-6-5-7-13(17)3/h5-12,14H,1-4H3,(H,21,23)/t14-/m1/s1. The van der Waals surface area contributed by atoms with E-state index in [9.17, 15) is 9.59 Å². The highest BCUT2D eigenvalue weighted by Crippen LogP contribution is 2.24. The van der Waals surface area contributed by atoms with Crippen LogP contribution in [-0.2, 0) is 4.79 Å². The average Bonchev–Trinajstić information content (AvgIpc) is 2.92. The van der Waals surface area contributed by atoms with Gasteiger partial charge in [0.25, 0.3) is 5.91 Å². The van der Waals surface area contributed by atoms with Gasteiger partial charge in [-0.25, -0.2) is 0 Å². The fourth-order valence-corrected chi connectivity index (χ4v) is 3.83. The molecule has 1 N–H and O–H groups in total. The van der Waals surface area contributed by atoms with Crippen LogP contribution in [0.3, 0.4) is 0 Å². The van der Waals surface area contributed by atoms with Crippen molar-refractivity contribution in [2.24, 2.45) is 0 Å². The molecule has 0 aliphatic heterocycles. The van der Waals surface area contributed by atoms with Gasteiger partial charge in [-0.3, -0.25) is 14.2 Å². The van der Waals surface area contributed by atoms with Crippen molar-refractivity contribution < 1.29 is 9.53 Å². The SMILES string of the molecule is Cc1ccccc1O[C@H](C)C(=O)Nc1ccc2c(c1)sc(=O)n2C(C)C. The van der Waals surface area contributed by atoms with Crippen molar-refractivity contribution >= 4 is 33.1 Å². The molecule has 0 aliphatic carbocycles. The van der Waals surface area contributed by atoms with E-state index in [4.69, 9.17) is 4.74 Å². The summed E-state index contributed by atoms with van der Waals surface area (Å²) >= 11 is 1.19. The molecule has 1 heterocycles. The predicted molar refractivity (Wildman–Crippen MR) is 106 cm³/mol. The number of rotatable bonds is 5. The number of thiazole rings is 1. The Morgan fingerprint density at radius 1 is 1.15 bits per heavy atom. The quantitative estimate of drug-likeness (QED) is 0.726. The van der Waals surface area contributed by atoms with E-state index in [1.165, 1.54) is 11.3 Å². The lowest BCUT2D eigenvalue weighted by Gasteiger charge is -2.16. The number of hydrogen-bond donors (Lipinski definition) is 1. The van der Waals surface area contributed by atoms with Gasteiger partial charge in [0.05, 0.1) is 10.2 Å². The molecule has 0 saturated heterocycles. The Labute approximate surface area is 156 Å². The van der Waals surface area contributed by atoms with Crippen LogP contribution < -0.4 is 14.9 Å². The molecule has 5 nitrogen and oxygen atoms in total. The van der Waals surface area contributed by atoms with Crippen LogP contribution in [0.2, 0.25) is 0 Å². The molecule has 0 bridgehead atoms. The highest BCUT2D eigenvalue weighted by atomic mass is 32.1. The second kappa shape index (κ2) is 7.33. The molecule has 2 aromatic carbocycles. The third-order valence-corrected chi connectivity index (χ3v) is 5.08. The zero-order chi connectivity index (χ0) is 18.8. The molecule has 0 fully saturated rings. The minimum absolute atomic E-state index is 0.00901. The Morgan fingerprint density at radius 2 is 1.88 bits per heavy atom. The summed E-state index contributed by atoms with van der Waals surface area (Å²) in [6.45, 7) is 7.62. The third kappa shape index (κ3) is 3.65. The number of amides is 1. The van der Waals surface area contributed by atoms with Crippen molar-refractivity contribution in [2.45, 2.75) is 39.8 Å². The van der Waals surface area contributed by atoms with Crippen molar-refractivity contribution in [3.05, 3.63) is 57.7 Å². The molecule has 3 aromatic rings. The molecule has 0 aliphatic rings. The van der Waals surface area contributed by atoms with Crippen molar-refractivity contribution in [3.63, 3.8) is 0 Å². The Bertz CT molecular complexity index is 1000. The van der Waals surface area contributed by atoms with Crippen LogP contribution in [0.5, 0.6) is 5.75 Å². The monoisotopic (exact) mass is 370 g/mol. The Morgan fingerprint density at radius 3 is 2.58 bits per heavy atom. The minimum atomic E-state index is -0.634. The molecule has 1 amide bonds. The van der Waals surface area contributed by atoms with Crippen LogP contribution in [0.25, 0.3) is 10.2 Å². The number of carbonyl (C=O) groups excluding carboxylic acids is 1. The van der Waals surface area contributed by atoms with E-state index in [2.05, 4.69) is 5.32 Å². The molecule has 3 rings (SSSR count). The molecule has 1 atom stereocenters. The zero-order valence-electron chi connectivity index (χ0n) is 15.3. The second-order valence-electron chi connectivity index (χ2n) is 6.53. The lowest BCUT2D eigenvalue weighted by Crippen LogP contribution is -2.30. The number of ether oxygens (including phenoxy) is 1. The average molecular weight is 370 g/mol. The van der Waals surface area contributed by atoms with E-state index in [1.807, 2.05) is 63.2 Å². The van der Waals surface area contributed by atoms with E-state index in [1.54, 1.807) is 11.5 Å². The molecule has 1 aromatic heterocycles. The number of fused-ring (bicyclic) bond motifs is 1. The van der Waals surface area contributed by atoms with Crippen LogP contribution in [-0.4, -0.2) is 16.6 Å². The van der Waals surface area contributed by atoms with Gasteiger partial charge in [0.1, 0.15) is 5.75 Å². The zero-order valence-corrected chi connectivity index (χ0v) is 16.1. The summed E-state index contributed by atoms with van der Waals surface area (Å²) in [6.07, 6.45) is -0.634. The molecular weight excluding hydrogens is 348 g/mol. The highest BCUT2D eigenvalue weighted by molar-refractivity contribution is 7.16. The number of anilines is 1. The van der Waals surface area contributed by atoms with Crippen LogP contribution in [0.4, 0.5) is 5.69 Å². The highest BCUT2D eigenvalue weighted by Gasteiger charge is 2.17. The molecule has 136 valence electrons. The topological polar surface area (TPSA) is 60.3 Å². The number of benzene rings is 2. The van der Waals surface area contributed by atoms with E-state index < -0.39 is 6.10 Å². The van der Waals surface area contributed by atoms with E-state index in [-0.39, 0.29) is 16.8 Å². The number of hydrogen-bond acceptors (Lipinski definition) is 4. The summed E-state index contributed by atoms with van der Waals surface area (Å²) in [6, 6.07) is 13.2. The van der Waals surface area contributed by atoms with Gasteiger partial charge < -0.3 is 10.1 Å². The lowest BCUT2D eigenvalue weighted by molar-refractivity contribution is -0.122. The maximum Gasteiger partial charge on any atom is 0.308 e. The van der Waals surface area contributed by atoms with Crippen LogP contribution in [0.1, 0.15) is 32.4 Å². The predicted octanol–water partition coefficient (Wildman–Crippen LogP) is 4.36. The Kier molecular flexibility index (Phi) is 5.13.